The maximum atomic E-state index is 13.4. The van der Waals surface area contributed by atoms with Gasteiger partial charge in [0.1, 0.15) is 5.82 Å². The van der Waals surface area contributed by atoms with Crippen molar-refractivity contribution in [3.8, 4) is 0 Å². The van der Waals surface area contributed by atoms with Gasteiger partial charge in [0.25, 0.3) is 0 Å². The number of hydrogen-bond donors (Lipinski definition) is 1. The lowest BCUT2D eigenvalue weighted by atomic mass is 10.3. The summed E-state index contributed by atoms with van der Waals surface area (Å²) in [4.78, 5) is 0. The maximum Gasteiger partial charge on any atom is 0.210 e. The van der Waals surface area contributed by atoms with Crippen LogP contribution in [0.4, 0.5) is 15.2 Å². The molecule has 1 N–H and O–H groups in total. The second kappa shape index (κ2) is 5.46. The highest BCUT2D eigenvalue weighted by molar-refractivity contribution is 8.01. The molecule has 0 saturated heterocycles. The normalized spacial score (nSPS) is 10.8. The fourth-order valence-corrected chi connectivity index (χ4v) is 3.17. The fraction of sp³-hybridized carbons (Fsp3) is 0.273. The van der Waals surface area contributed by atoms with Crippen molar-refractivity contribution in [2.24, 2.45) is 0 Å². The van der Waals surface area contributed by atoms with Crippen LogP contribution < -0.4 is 5.32 Å². The van der Waals surface area contributed by atoms with Crippen molar-refractivity contribution in [3.63, 3.8) is 0 Å². The van der Waals surface area contributed by atoms with Gasteiger partial charge in [-0.1, -0.05) is 49.1 Å². The zero-order chi connectivity index (χ0) is 12.3. The molecule has 1 aromatic carbocycles. The van der Waals surface area contributed by atoms with Crippen LogP contribution in [0.3, 0.4) is 0 Å². The van der Waals surface area contributed by atoms with Crippen LogP contribution in [-0.4, -0.2) is 15.4 Å². The molecule has 0 unspecified atom stereocenters. The molecule has 0 saturated carbocycles. The molecule has 0 spiro atoms. The van der Waals surface area contributed by atoms with Crippen LogP contribution in [0.2, 0.25) is 0 Å². The van der Waals surface area contributed by atoms with E-state index in [1.54, 1.807) is 30.0 Å². The van der Waals surface area contributed by atoms with E-state index in [1.807, 2.05) is 0 Å². The molecular formula is C11H12FN3S2. The van der Waals surface area contributed by atoms with E-state index in [9.17, 15) is 4.39 Å². The Morgan fingerprint density at radius 3 is 2.76 bits per heavy atom. The molecule has 6 heteroatoms. The van der Waals surface area contributed by atoms with Crippen LogP contribution in [0.25, 0.3) is 0 Å². The third-order valence-electron chi connectivity index (χ3n) is 1.86. The van der Waals surface area contributed by atoms with Gasteiger partial charge < -0.3 is 5.32 Å². The number of hydrogen-bond acceptors (Lipinski definition) is 5. The highest BCUT2D eigenvalue weighted by Crippen LogP contribution is 2.30. The molecule has 1 heterocycles. The van der Waals surface area contributed by atoms with E-state index >= 15 is 0 Å². The van der Waals surface area contributed by atoms with Gasteiger partial charge in [-0.15, -0.1) is 10.2 Å². The second-order valence-electron chi connectivity index (χ2n) is 3.64. The molecule has 2 aromatic rings. The Kier molecular flexibility index (Phi) is 3.96. The van der Waals surface area contributed by atoms with E-state index < -0.39 is 0 Å². The van der Waals surface area contributed by atoms with Crippen LogP contribution in [0, 0.1) is 5.82 Å². The third-order valence-corrected chi connectivity index (χ3v) is 3.79. The Hall–Kier alpha value is -1.14. The molecule has 0 amide bonds. The molecule has 0 aliphatic carbocycles. The number of halogens is 1. The largest absolute Gasteiger partial charge is 0.328 e. The first-order chi connectivity index (χ1) is 8.15. The number of thioether (sulfide) groups is 1. The minimum Gasteiger partial charge on any atom is -0.328 e. The van der Waals surface area contributed by atoms with Crippen LogP contribution in [0.15, 0.2) is 28.6 Å². The van der Waals surface area contributed by atoms with Crippen molar-refractivity contribution in [1.29, 1.82) is 0 Å². The summed E-state index contributed by atoms with van der Waals surface area (Å²) in [5, 5.41) is 12.0. The van der Waals surface area contributed by atoms with Crippen LogP contribution >= 0.6 is 23.1 Å². The van der Waals surface area contributed by atoms with Gasteiger partial charge in [0.05, 0.1) is 5.69 Å². The molecule has 0 aliphatic rings. The number of rotatable bonds is 4. The molecule has 90 valence electrons. The number of benzene rings is 1. The van der Waals surface area contributed by atoms with Crippen LogP contribution in [0.5, 0.6) is 0 Å². The lowest BCUT2D eigenvalue weighted by molar-refractivity contribution is 0.632. The highest BCUT2D eigenvalue weighted by Gasteiger charge is 2.08. The van der Waals surface area contributed by atoms with Crippen molar-refractivity contribution in [2.45, 2.75) is 23.4 Å². The summed E-state index contributed by atoms with van der Waals surface area (Å²) in [6.45, 7) is 4.19. The predicted octanol–water partition coefficient (Wildman–Crippen LogP) is 3.92. The monoisotopic (exact) mass is 269 g/mol. The standard InChI is InChI=1S/C11H12FN3S2/c1-7(2)16-11-15-14-10(17-11)13-9-6-4-3-5-8(9)12/h3-7H,1-2H3,(H,13,14). The maximum absolute atomic E-state index is 13.4. The summed E-state index contributed by atoms with van der Waals surface area (Å²) in [5.41, 5.74) is 0.421. The number of aromatic nitrogens is 2. The van der Waals surface area contributed by atoms with Crippen molar-refractivity contribution in [3.05, 3.63) is 30.1 Å². The minimum atomic E-state index is -0.291. The van der Waals surface area contributed by atoms with Gasteiger partial charge >= 0.3 is 0 Å². The first kappa shape index (κ1) is 12.3. The lowest BCUT2D eigenvalue weighted by Crippen LogP contribution is -1.92. The van der Waals surface area contributed by atoms with Crippen molar-refractivity contribution < 1.29 is 4.39 Å². The predicted molar refractivity (Wildman–Crippen MR) is 70.6 cm³/mol. The number of nitrogens with zero attached hydrogens (tertiary/aromatic N) is 2. The molecular weight excluding hydrogens is 257 g/mol. The molecule has 3 nitrogen and oxygen atoms in total. The zero-order valence-electron chi connectivity index (χ0n) is 9.48. The van der Waals surface area contributed by atoms with E-state index in [0.29, 0.717) is 16.1 Å². The number of nitrogens with one attached hydrogen (secondary N) is 1. The smallest absolute Gasteiger partial charge is 0.210 e. The average molecular weight is 269 g/mol. The summed E-state index contributed by atoms with van der Waals surface area (Å²) in [5.74, 6) is -0.291. The first-order valence-corrected chi connectivity index (χ1v) is 6.86. The average Bonchev–Trinajstić information content (AvgIpc) is 2.68. The van der Waals surface area contributed by atoms with E-state index in [1.165, 1.54) is 17.4 Å². The Bertz CT molecular complexity index is 499. The van der Waals surface area contributed by atoms with Crippen molar-refractivity contribution >= 4 is 33.9 Å². The number of anilines is 2. The van der Waals surface area contributed by atoms with Crippen LogP contribution in [-0.2, 0) is 0 Å². The van der Waals surface area contributed by atoms with Crippen LogP contribution in [0.1, 0.15) is 13.8 Å². The van der Waals surface area contributed by atoms with Gasteiger partial charge in [0.15, 0.2) is 4.34 Å². The SMILES string of the molecule is CC(C)Sc1nnc(Nc2ccccc2F)s1. The highest BCUT2D eigenvalue weighted by atomic mass is 32.2. The Morgan fingerprint density at radius 1 is 1.29 bits per heavy atom. The van der Waals surface area contributed by atoms with E-state index in [0.717, 1.165) is 4.34 Å². The van der Waals surface area contributed by atoms with Gasteiger partial charge in [0.2, 0.25) is 5.13 Å². The number of para-hydroxylation sites is 1. The van der Waals surface area contributed by atoms with E-state index in [2.05, 4.69) is 29.4 Å². The Morgan fingerprint density at radius 2 is 2.06 bits per heavy atom. The van der Waals surface area contributed by atoms with E-state index in [4.69, 9.17) is 0 Å². The van der Waals surface area contributed by atoms with Gasteiger partial charge in [-0.2, -0.15) is 0 Å². The van der Waals surface area contributed by atoms with Gasteiger partial charge in [-0.3, -0.25) is 0 Å². The van der Waals surface area contributed by atoms with E-state index in [-0.39, 0.29) is 5.82 Å². The summed E-state index contributed by atoms with van der Waals surface area (Å²) in [7, 11) is 0. The fourth-order valence-electron chi connectivity index (χ4n) is 1.19. The molecule has 0 aliphatic heterocycles. The van der Waals surface area contributed by atoms with Crippen molar-refractivity contribution in [2.75, 3.05) is 5.32 Å². The summed E-state index contributed by atoms with van der Waals surface area (Å²) in [6, 6.07) is 6.51. The Balaban J connectivity index is 2.09. The molecule has 1 aromatic heterocycles. The minimum absolute atomic E-state index is 0.291. The topological polar surface area (TPSA) is 37.8 Å². The Labute approximate surface area is 107 Å². The molecule has 0 radical (unpaired) electrons. The zero-order valence-corrected chi connectivity index (χ0v) is 11.1. The quantitative estimate of drug-likeness (QED) is 0.854. The summed E-state index contributed by atoms with van der Waals surface area (Å²) < 4.78 is 14.3. The molecule has 0 atom stereocenters. The summed E-state index contributed by atoms with van der Waals surface area (Å²) in [6.07, 6.45) is 0. The van der Waals surface area contributed by atoms with Gasteiger partial charge in [-0.05, 0) is 12.1 Å². The van der Waals surface area contributed by atoms with Gasteiger partial charge in [-0.25, -0.2) is 4.39 Å². The first-order valence-electron chi connectivity index (χ1n) is 5.17. The lowest BCUT2D eigenvalue weighted by Gasteiger charge is -2.02. The van der Waals surface area contributed by atoms with Crippen molar-refractivity contribution in [1.82, 2.24) is 10.2 Å². The summed E-state index contributed by atoms with van der Waals surface area (Å²) >= 11 is 3.07. The molecule has 0 fully saturated rings. The molecule has 0 bridgehead atoms. The van der Waals surface area contributed by atoms with Gasteiger partial charge in [0, 0.05) is 5.25 Å². The molecule has 17 heavy (non-hydrogen) atoms. The molecule has 2 rings (SSSR count). The second-order valence-corrected chi connectivity index (χ2v) is 6.45. The third kappa shape index (κ3) is 3.41.